The molecule has 0 aliphatic rings. The largest absolute Gasteiger partial charge is 0.491 e. The SMILES string of the molecule is CCCCCC[C@@H](C)Oc1ccc(-c2ccc(C(=O)O)cc2)c(N)c1. The molecule has 0 bridgehead atoms. The molecule has 0 saturated carbocycles. The molecule has 0 radical (unpaired) electrons. The Morgan fingerprint density at radius 2 is 1.84 bits per heavy atom. The molecule has 0 amide bonds. The number of nitrogens with two attached hydrogens (primary N) is 1. The molecule has 0 saturated heterocycles. The van der Waals surface area contributed by atoms with Crippen LogP contribution in [0.25, 0.3) is 11.1 Å². The van der Waals surface area contributed by atoms with Crippen LogP contribution in [0.1, 0.15) is 56.3 Å². The van der Waals surface area contributed by atoms with E-state index in [0.717, 1.165) is 23.3 Å². The molecule has 0 unspecified atom stereocenters. The van der Waals surface area contributed by atoms with Gasteiger partial charge in [0.15, 0.2) is 0 Å². The Morgan fingerprint density at radius 3 is 2.44 bits per heavy atom. The predicted molar refractivity (Wildman–Crippen MR) is 102 cm³/mol. The van der Waals surface area contributed by atoms with Gasteiger partial charge in [-0.2, -0.15) is 0 Å². The van der Waals surface area contributed by atoms with Gasteiger partial charge in [-0.3, -0.25) is 0 Å². The Balaban J connectivity index is 2.01. The third kappa shape index (κ3) is 5.52. The Morgan fingerprint density at radius 1 is 1.12 bits per heavy atom. The van der Waals surface area contributed by atoms with Crippen molar-refractivity contribution in [3.05, 3.63) is 48.0 Å². The molecule has 2 rings (SSSR count). The lowest BCUT2D eigenvalue weighted by Crippen LogP contribution is -2.11. The molecule has 0 fully saturated rings. The molecule has 2 aromatic rings. The van der Waals surface area contributed by atoms with E-state index in [1.54, 1.807) is 24.3 Å². The van der Waals surface area contributed by atoms with Crippen LogP contribution in [0.2, 0.25) is 0 Å². The average molecular weight is 341 g/mol. The van der Waals surface area contributed by atoms with Gasteiger partial charge >= 0.3 is 5.97 Å². The summed E-state index contributed by atoms with van der Waals surface area (Å²) in [6, 6.07) is 12.4. The normalized spacial score (nSPS) is 11.9. The van der Waals surface area contributed by atoms with Crippen LogP contribution < -0.4 is 10.5 Å². The van der Waals surface area contributed by atoms with E-state index >= 15 is 0 Å². The van der Waals surface area contributed by atoms with E-state index < -0.39 is 5.97 Å². The lowest BCUT2D eigenvalue weighted by atomic mass is 10.0. The summed E-state index contributed by atoms with van der Waals surface area (Å²) in [5.41, 5.74) is 8.82. The second-order valence-electron chi connectivity index (χ2n) is 6.41. The van der Waals surface area contributed by atoms with Crippen LogP contribution in [0.5, 0.6) is 5.75 Å². The number of ether oxygens (including phenoxy) is 1. The van der Waals surface area contributed by atoms with Crippen molar-refractivity contribution < 1.29 is 14.6 Å². The first kappa shape index (κ1) is 18.8. The summed E-state index contributed by atoms with van der Waals surface area (Å²) in [7, 11) is 0. The molecule has 4 nitrogen and oxygen atoms in total. The molecule has 0 aliphatic heterocycles. The summed E-state index contributed by atoms with van der Waals surface area (Å²) >= 11 is 0. The molecule has 3 N–H and O–H groups in total. The first-order chi connectivity index (χ1) is 12.0. The van der Waals surface area contributed by atoms with Crippen LogP contribution in [-0.2, 0) is 0 Å². The van der Waals surface area contributed by atoms with E-state index in [1.165, 1.54) is 25.7 Å². The molecular weight excluding hydrogens is 314 g/mol. The van der Waals surface area contributed by atoms with E-state index in [1.807, 2.05) is 18.2 Å². The number of nitrogen functional groups attached to an aromatic ring is 1. The number of hydrogen-bond donors (Lipinski definition) is 2. The maximum atomic E-state index is 10.9. The monoisotopic (exact) mass is 341 g/mol. The number of unbranched alkanes of at least 4 members (excludes halogenated alkanes) is 3. The Labute approximate surface area is 149 Å². The van der Waals surface area contributed by atoms with Crippen LogP contribution >= 0.6 is 0 Å². The molecule has 4 heteroatoms. The summed E-state index contributed by atoms with van der Waals surface area (Å²) < 4.78 is 5.96. The highest BCUT2D eigenvalue weighted by atomic mass is 16.5. The lowest BCUT2D eigenvalue weighted by Gasteiger charge is -2.16. The molecule has 25 heavy (non-hydrogen) atoms. The number of aromatic carboxylic acids is 1. The van der Waals surface area contributed by atoms with Crippen molar-refractivity contribution in [2.75, 3.05) is 5.73 Å². The Hall–Kier alpha value is -2.49. The summed E-state index contributed by atoms with van der Waals surface area (Å²) in [5, 5.41) is 8.97. The zero-order chi connectivity index (χ0) is 18.2. The zero-order valence-corrected chi connectivity index (χ0v) is 15.0. The van der Waals surface area contributed by atoms with E-state index in [4.69, 9.17) is 15.6 Å². The Kier molecular flexibility index (Phi) is 6.87. The van der Waals surface area contributed by atoms with Gasteiger partial charge in [-0.15, -0.1) is 0 Å². The van der Waals surface area contributed by atoms with E-state index in [2.05, 4.69) is 13.8 Å². The van der Waals surface area contributed by atoms with Crippen molar-refractivity contribution in [2.24, 2.45) is 0 Å². The van der Waals surface area contributed by atoms with E-state index in [9.17, 15) is 4.79 Å². The van der Waals surface area contributed by atoms with Gasteiger partial charge in [0.2, 0.25) is 0 Å². The van der Waals surface area contributed by atoms with Gasteiger partial charge in [0.05, 0.1) is 11.7 Å². The van der Waals surface area contributed by atoms with Crippen LogP contribution in [0.4, 0.5) is 5.69 Å². The maximum absolute atomic E-state index is 10.9. The van der Waals surface area contributed by atoms with E-state index in [-0.39, 0.29) is 11.7 Å². The zero-order valence-electron chi connectivity index (χ0n) is 15.0. The molecule has 0 aromatic heterocycles. The van der Waals surface area contributed by atoms with Gasteiger partial charge in [-0.1, -0.05) is 38.3 Å². The topological polar surface area (TPSA) is 72.5 Å². The van der Waals surface area contributed by atoms with Crippen molar-refractivity contribution in [2.45, 2.75) is 52.1 Å². The maximum Gasteiger partial charge on any atom is 0.335 e. The minimum absolute atomic E-state index is 0.164. The molecule has 0 spiro atoms. The second kappa shape index (κ2) is 9.11. The highest BCUT2D eigenvalue weighted by Gasteiger charge is 2.09. The van der Waals surface area contributed by atoms with Gasteiger partial charge in [-0.25, -0.2) is 4.79 Å². The van der Waals surface area contributed by atoms with Crippen molar-refractivity contribution in [1.82, 2.24) is 0 Å². The molecule has 1 atom stereocenters. The van der Waals surface area contributed by atoms with Crippen LogP contribution in [-0.4, -0.2) is 17.2 Å². The highest BCUT2D eigenvalue weighted by Crippen LogP contribution is 2.30. The fraction of sp³-hybridized carbons (Fsp3) is 0.381. The smallest absolute Gasteiger partial charge is 0.335 e. The van der Waals surface area contributed by atoms with Crippen LogP contribution in [0.3, 0.4) is 0 Å². The number of rotatable bonds is 9. The standard InChI is InChI=1S/C21H27NO3/c1-3-4-5-6-7-15(2)25-18-12-13-19(20(22)14-18)16-8-10-17(11-9-16)21(23)24/h8-15H,3-7,22H2,1-2H3,(H,23,24)/t15-/m1/s1. The molecule has 0 aliphatic carbocycles. The number of anilines is 1. The summed E-state index contributed by atoms with van der Waals surface area (Å²) in [5.74, 6) is -0.164. The first-order valence-electron chi connectivity index (χ1n) is 8.91. The Bertz CT molecular complexity index is 695. The summed E-state index contributed by atoms with van der Waals surface area (Å²) in [6.07, 6.45) is 6.14. The highest BCUT2D eigenvalue weighted by molar-refractivity contribution is 5.89. The molecular formula is C21H27NO3. The summed E-state index contributed by atoms with van der Waals surface area (Å²) in [4.78, 5) is 10.9. The van der Waals surface area contributed by atoms with Gasteiger partial charge in [0.25, 0.3) is 0 Å². The van der Waals surface area contributed by atoms with Crippen molar-refractivity contribution in [3.8, 4) is 16.9 Å². The molecule has 2 aromatic carbocycles. The van der Waals surface area contributed by atoms with Gasteiger partial charge in [-0.05, 0) is 49.6 Å². The average Bonchev–Trinajstić information content (AvgIpc) is 2.59. The number of benzene rings is 2. The minimum Gasteiger partial charge on any atom is -0.491 e. The number of carbonyl (C=O) groups is 1. The minimum atomic E-state index is -0.934. The van der Waals surface area contributed by atoms with Gasteiger partial charge in [0, 0.05) is 17.3 Å². The number of carboxylic acids is 1. The van der Waals surface area contributed by atoms with E-state index in [0.29, 0.717) is 5.69 Å². The van der Waals surface area contributed by atoms with Crippen molar-refractivity contribution in [3.63, 3.8) is 0 Å². The fourth-order valence-corrected chi connectivity index (χ4v) is 2.82. The number of hydrogen-bond acceptors (Lipinski definition) is 3. The molecule has 0 heterocycles. The fourth-order valence-electron chi connectivity index (χ4n) is 2.82. The summed E-state index contributed by atoms with van der Waals surface area (Å²) in [6.45, 7) is 4.29. The van der Waals surface area contributed by atoms with Gasteiger partial charge < -0.3 is 15.6 Å². The number of carboxylic acid groups (broad SMARTS) is 1. The van der Waals surface area contributed by atoms with Crippen LogP contribution in [0, 0.1) is 0 Å². The third-order valence-electron chi connectivity index (χ3n) is 4.27. The molecule has 134 valence electrons. The second-order valence-corrected chi connectivity index (χ2v) is 6.41. The third-order valence-corrected chi connectivity index (χ3v) is 4.27. The van der Waals surface area contributed by atoms with Crippen molar-refractivity contribution in [1.29, 1.82) is 0 Å². The first-order valence-corrected chi connectivity index (χ1v) is 8.91. The van der Waals surface area contributed by atoms with Crippen LogP contribution in [0.15, 0.2) is 42.5 Å². The van der Waals surface area contributed by atoms with Gasteiger partial charge in [0.1, 0.15) is 5.75 Å². The quantitative estimate of drug-likeness (QED) is 0.475. The van der Waals surface area contributed by atoms with Crippen molar-refractivity contribution >= 4 is 11.7 Å². The lowest BCUT2D eigenvalue weighted by molar-refractivity contribution is 0.0697. The predicted octanol–water partition coefficient (Wildman–Crippen LogP) is 5.37.